The van der Waals surface area contributed by atoms with Crippen LogP contribution in [0.25, 0.3) is 0 Å². The van der Waals surface area contributed by atoms with Gasteiger partial charge in [-0.25, -0.2) is 4.79 Å². The van der Waals surface area contributed by atoms with Gasteiger partial charge in [-0.15, -0.1) is 0 Å². The Bertz CT molecular complexity index is 562. The van der Waals surface area contributed by atoms with Crippen LogP contribution < -0.4 is 0 Å². The minimum Gasteiger partial charge on any atom is -0.444 e. The molecule has 0 atom stereocenters. The van der Waals surface area contributed by atoms with Crippen molar-refractivity contribution in [1.82, 2.24) is 14.7 Å². The second kappa shape index (κ2) is 4.73. The quantitative estimate of drug-likeness (QED) is 0.774. The molecule has 2 fully saturated rings. The van der Waals surface area contributed by atoms with E-state index in [2.05, 4.69) is 32.6 Å². The molecule has 2 aliphatic rings. The van der Waals surface area contributed by atoms with Crippen LogP contribution in [0, 0.1) is 12.3 Å². The molecule has 116 valence electrons. The predicted molar refractivity (Wildman–Crippen MR) is 83.2 cm³/mol. The van der Waals surface area contributed by atoms with Crippen LogP contribution >= 0.6 is 15.9 Å². The van der Waals surface area contributed by atoms with Crippen molar-refractivity contribution in [2.75, 3.05) is 13.1 Å². The molecule has 5 nitrogen and oxygen atoms in total. The molecule has 6 heteroatoms. The highest BCUT2D eigenvalue weighted by Crippen LogP contribution is 2.54. The molecule has 0 unspecified atom stereocenters. The van der Waals surface area contributed by atoms with Crippen LogP contribution in [0.1, 0.15) is 45.3 Å². The summed E-state index contributed by atoms with van der Waals surface area (Å²) in [4.78, 5) is 13.8. The first-order valence-corrected chi connectivity index (χ1v) is 8.16. The third-order valence-electron chi connectivity index (χ3n) is 4.28. The van der Waals surface area contributed by atoms with Crippen LogP contribution in [-0.4, -0.2) is 39.5 Å². The summed E-state index contributed by atoms with van der Waals surface area (Å²) in [6.07, 6.45) is 2.01. The number of carbonyl (C=O) groups is 1. The van der Waals surface area contributed by atoms with E-state index in [1.54, 1.807) is 0 Å². The minimum absolute atomic E-state index is 0.186. The van der Waals surface area contributed by atoms with Gasteiger partial charge in [-0.3, -0.25) is 4.68 Å². The monoisotopic (exact) mass is 355 g/mol. The maximum Gasteiger partial charge on any atom is 0.410 e. The summed E-state index contributed by atoms with van der Waals surface area (Å²) in [6.45, 7) is 9.42. The Kier molecular flexibility index (Phi) is 3.35. The van der Waals surface area contributed by atoms with Gasteiger partial charge < -0.3 is 9.64 Å². The molecule has 3 rings (SSSR count). The molecular formula is C15H22BrN3O2. The maximum atomic E-state index is 12.0. The lowest BCUT2D eigenvalue weighted by atomic mass is 9.61. The molecule has 1 saturated heterocycles. The fraction of sp³-hybridized carbons (Fsp3) is 0.733. The second-order valence-corrected chi connectivity index (χ2v) is 8.26. The van der Waals surface area contributed by atoms with Crippen LogP contribution in [0.5, 0.6) is 0 Å². The summed E-state index contributed by atoms with van der Waals surface area (Å²) in [5.74, 6) is 0. The number of hydrogen-bond donors (Lipinski definition) is 0. The molecule has 1 aliphatic heterocycles. The SMILES string of the molecule is Cc1cc(Br)nn1C1CC2(C1)CN(C(=O)OC(C)(C)C)C2. The molecule has 1 aromatic rings. The van der Waals surface area contributed by atoms with E-state index < -0.39 is 5.60 Å². The van der Waals surface area contributed by atoms with Gasteiger partial charge >= 0.3 is 6.09 Å². The first-order valence-electron chi connectivity index (χ1n) is 7.37. The third-order valence-corrected chi connectivity index (χ3v) is 4.67. The van der Waals surface area contributed by atoms with Crippen LogP contribution in [0.15, 0.2) is 10.7 Å². The fourth-order valence-electron chi connectivity index (χ4n) is 3.41. The van der Waals surface area contributed by atoms with Gasteiger partial charge in [0.15, 0.2) is 0 Å². The van der Waals surface area contributed by atoms with Gasteiger partial charge in [0.05, 0.1) is 6.04 Å². The Morgan fingerprint density at radius 2 is 2.05 bits per heavy atom. The van der Waals surface area contributed by atoms with Crippen molar-refractivity contribution in [2.45, 2.75) is 52.2 Å². The predicted octanol–water partition coefficient (Wildman–Crippen LogP) is 3.53. The average Bonchev–Trinajstić information content (AvgIpc) is 2.51. The molecule has 1 aromatic heterocycles. The smallest absolute Gasteiger partial charge is 0.410 e. The zero-order valence-electron chi connectivity index (χ0n) is 13.0. The number of halogens is 1. The lowest BCUT2D eigenvalue weighted by Crippen LogP contribution is -2.64. The molecule has 1 amide bonds. The van der Waals surface area contributed by atoms with Crippen molar-refractivity contribution < 1.29 is 9.53 Å². The molecule has 0 N–H and O–H groups in total. The Morgan fingerprint density at radius 3 is 2.52 bits per heavy atom. The van der Waals surface area contributed by atoms with Crippen LogP contribution in [0.4, 0.5) is 4.79 Å². The summed E-state index contributed by atoms with van der Waals surface area (Å²) in [7, 11) is 0. The van der Waals surface area contributed by atoms with E-state index in [1.807, 2.05) is 31.7 Å². The molecule has 0 radical (unpaired) electrons. The summed E-state index contributed by atoms with van der Waals surface area (Å²) in [6, 6.07) is 2.51. The van der Waals surface area contributed by atoms with Crippen molar-refractivity contribution in [3.8, 4) is 0 Å². The number of hydrogen-bond acceptors (Lipinski definition) is 3. The zero-order valence-corrected chi connectivity index (χ0v) is 14.6. The van der Waals surface area contributed by atoms with E-state index >= 15 is 0 Å². The van der Waals surface area contributed by atoms with E-state index in [1.165, 1.54) is 5.69 Å². The van der Waals surface area contributed by atoms with E-state index in [4.69, 9.17) is 4.74 Å². The zero-order chi connectivity index (χ0) is 15.4. The molecule has 0 bridgehead atoms. The molecule has 1 aliphatic carbocycles. The molecular weight excluding hydrogens is 334 g/mol. The topological polar surface area (TPSA) is 47.4 Å². The van der Waals surface area contributed by atoms with Gasteiger partial charge in [-0.2, -0.15) is 5.10 Å². The molecule has 1 saturated carbocycles. The summed E-state index contributed by atoms with van der Waals surface area (Å²) in [5, 5.41) is 4.49. The number of aromatic nitrogens is 2. The number of carbonyl (C=O) groups excluding carboxylic acids is 1. The Hall–Kier alpha value is -1.04. The van der Waals surface area contributed by atoms with Crippen LogP contribution in [0.3, 0.4) is 0 Å². The summed E-state index contributed by atoms with van der Waals surface area (Å²) < 4.78 is 8.40. The Labute approximate surface area is 133 Å². The van der Waals surface area contributed by atoms with Gasteiger partial charge in [-0.05, 0) is 62.5 Å². The van der Waals surface area contributed by atoms with E-state index in [9.17, 15) is 4.79 Å². The molecule has 1 spiro atoms. The first kappa shape index (κ1) is 14.9. The first-order chi connectivity index (χ1) is 9.67. The van der Waals surface area contributed by atoms with Crippen molar-refractivity contribution in [3.05, 3.63) is 16.4 Å². The normalized spacial score (nSPS) is 21.1. The highest BCUT2D eigenvalue weighted by atomic mass is 79.9. The number of amides is 1. The van der Waals surface area contributed by atoms with Gasteiger partial charge in [0.1, 0.15) is 10.2 Å². The molecule has 21 heavy (non-hydrogen) atoms. The number of ether oxygens (including phenoxy) is 1. The Morgan fingerprint density at radius 1 is 1.43 bits per heavy atom. The van der Waals surface area contributed by atoms with E-state index in [-0.39, 0.29) is 6.09 Å². The van der Waals surface area contributed by atoms with Gasteiger partial charge in [-0.1, -0.05) is 0 Å². The van der Waals surface area contributed by atoms with Gasteiger partial charge in [0.2, 0.25) is 0 Å². The number of rotatable bonds is 1. The highest BCUT2D eigenvalue weighted by molar-refractivity contribution is 9.10. The second-order valence-electron chi connectivity index (χ2n) is 7.45. The van der Waals surface area contributed by atoms with Crippen LogP contribution in [0.2, 0.25) is 0 Å². The van der Waals surface area contributed by atoms with Crippen molar-refractivity contribution in [3.63, 3.8) is 0 Å². The molecule has 0 aromatic carbocycles. The lowest BCUT2D eigenvalue weighted by molar-refractivity contribution is -0.0931. The lowest BCUT2D eigenvalue weighted by Gasteiger charge is -2.58. The van der Waals surface area contributed by atoms with Gasteiger partial charge in [0, 0.05) is 24.2 Å². The van der Waals surface area contributed by atoms with Crippen molar-refractivity contribution in [1.29, 1.82) is 0 Å². The fourth-order valence-corrected chi connectivity index (χ4v) is 3.91. The Balaban J connectivity index is 1.52. The van der Waals surface area contributed by atoms with Crippen molar-refractivity contribution >= 4 is 22.0 Å². The van der Waals surface area contributed by atoms with Gasteiger partial charge in [0.25, 0.3) is 0 Å². The largest absolute Gasteiger partial charge is 0.444 e. The summed E-state index contributed by atoms with van der Waals surface area (Å²) >= 11 is 3.42. The average molecular weight is 356 g/mol. The van der Waals surface area contributed by atoms with Crippen molar-refractivity contribution in [2.24, 2.45) is 5.41 Å². The van der Waals surface area contributed by atoms with E-state index in [0.29, 0.717) is 11.5 Å². The third kappa shape index (κ3) is 2.82. The van der Waals surface area contributed by atoms with Crippen LogP contribution in [-0.2, 0) is 4.74 Å². The molecule has 2 heterocycles. The maximum absolute atomic E-state index is 12.0. The number of aryl methyl sites for hydroxylation is 1. The minimum atomic E-state index is -0.416. The number of nitrogens with zero attached hydrogens (tertiary/aromatic N) is 3. The standard InChI is InChI=1S/C15H22BrN3O2/c1-10-5-12(16)17-19(10)11-6-15(7-11)8-18(9-15)13(20)21-14(2,3)4/h5,11H,6-9H2,1-4H3. The highest BCUT2D eigenvalue weighted by Gasteiger charge is 2.55. The number of likely N-dealkylation sites (tertiary alicyclic amines) is 1. The summed E-state index contributed by atoms with van der Waals surface area (Å²) in [5.41, 5.74) is 1.07. The van der Waals surface area contributed by atoms with E-state index in [0.717, 1.165) is 30.5 Å².